The van der Waals surface area contributed by atoms with Crippen molar-refractivity contribution in [2.45, 2.75) is 24.9 Å². The van der Waals surface area contributed by atoms with Gasteiger partial charge in [0.05, 0.1) is 12.9 Å². The number of imidazole rings is 1. The number of hydrogen-bond acceptors (Lipinski definition) is 5. The molecule has 1 aliphatic heterocycles. The largest absolute Gasteiger partial charge is 0.394 e. The van der Waals surface area contributed by atoms with E-state index in [-0.39, 0.29) is 18.5 Å². The topological polar surface area (TPSA) is 99.8 Å². The number of aromatic amines is 1. The Morgan fingerprint density at radius 3 is 3.17 bits per heavy atom. The number of halogens is 1. The van der Waals surface area contributed by atoms with Crippen molar-refractivity contribution in [3.05, 3.63) is 18.1 Å². The molecule has 0 unspecified atom stereocenters. The number of hydrogen-bond donors (Lipinski definition) is 3. The van der Waals surface area contributed by atoms with Gasteiger partial charge in [-0.1, -0.05) is 0 Å². The minimum atomic E-state index is -1.23. The predicted molar refractivity (Wildman–Crippen MR) is 58.2 cm³/mol. The molecular formula is C10H12FN5O2. The summed E-state index contributed by atoms with van der Waals surface area (Å²) in [5, 5.41) is 17.0. The van der Waals surface area contributed by atoms with Crippen LogP contribution < -0.4 is 5.49 Å². The second kappa shape index (κ2) is 4.14. The highest BCUT2D eigenvalue weighted by atomic mass is 19.1. The van der Waals surface area contributed by atoms with Crippen LogP contribution in [0.2, 0.25) is 0 Å². The second-order valence-corrected chi connectivity index (χ2v) is 4.17. The molecule has 2 aromatic rings. The fourth-order valence-electron chi connectivity index (χ4n) is 2.10. The number of fused-ring (bicyclic) bond motifs is 1. The van der Waals surface area contributed by atoms with Crippen LogP contribution in [-0.2, 0) is 4.74 Å². The van der Waals surface area contributed by atoms with E-state index in [2.05, 4.69) is 15.0 Å². The number of rotatable bonds is 2. The maximum atomic E-state index is 13.5. The summed E-state index contributed by atoms with van der Waals surface area (Å²) in [6.45, 7) is -0.370. The molecule has 1 aliphatic rings. The van der Waals surface area contributed by atoms with Gasteiger partial charge in [-0.2, -0.15) is 0 Å². The zero-order valence-electron chi connectivity index (χ0n) is 9.38. The molecule has 0 saturated carbocycles. The van der Waals surface area contributed by atoms with E-state index < -0.39 is 18.5 Å². The number of aromatic nitrogens is 4. The third kappa shape index (κ3) is 1.61. The molecule has 0 aliphatic carbocycles. The average Bonchev–Trinajstić information content (AvgIpc) is 2.96. The fraction of sp³-hybridized carbons (Fsp3) is 0.500. The molecule has 96 valence electrons. The molecule has 3 atom stereocenters. The van der Waals surface area contributed by atoms with E-state index in [0.717, 1.165) is 0 Å². The Balaban J connectivity index is 2.00. The molecule has 8 heteroatoms. The summed E-state index contributed by atoms with van der Waals surface area (Å²) in [4.78, 5) is 10.8. The summed E-state index contributed by atoms with van der Waals surface area (Å²) < 4.78 is 20.3. The lowest BCUT2D eigenvalue weighted by molar-refractivity contribution is -0.0357. The second-order valence-electron chi connectivity index (χ2n) is 4.17. The Hall–Kier alpha value is -1.80. The number of nitrogens with one attached hydrogen (secondary N) is 2. The first-order chi connectivity index (χ1) is 8.70. The van der Waals surface area contributed by atoms with Crippen molar-refractivity contribution >= 4 is 11.2 Å². The molecule has 0 bridgehead atoms. The normalized spacial score (nSPS) is 28.0. The van der Waals surface area contributed by atoms with Gasteiger partial charge in [-0.15, -0.1) is 0 Å². The number of ether oxygens (including phenoxy) is 1. The number of H-pyrrole nitrogens is 1. The molecular weight excluding hydrogens is 241 g/mol. The van der Waals surface area contributed by atoms with Gasteiger partial charge >= 0.3 is 0 Å². The van der Waals surface area contributed by atoms with Crippen LogP contribution in [-0.4, -0.2) is 43.5 Å². The highest BCUT2D eigenvalue weighted by Gasteiger charge is 2.36. The van der Waals surface area contributed by atoms with Gasteiger partial charge in [0.2, 0.25) is 0 Å². The lowest BCUT2D eigenvalue weighted by atomic mass is 10.2. The van der Waals surface area contributed by atoms with Crippen LogP contribution in [0.15, 0.2) is 12.7 Å². The summed E-state index contributed by atoms with van der Waals surface area (Å²) in [6.07, 6.45) is 0.268. The maximum absolute atomic E-state index is 13.5. The van der Waals surface area contributed by atoms with E-state index in [1.165, 1.54) is 17.2 Å². The molecule has 2 aromatic heterocycles. The number of aliphatic hydroxyl groups is 1. The summed E-state index contributed by atoms with van der Waals surface area (Å²) in [5.74, 6) is 0. The molecule has 3 N–H and O–H groups in total. The van der Waals surface area contributed by atoms with Gasteiger partial charge in [0.1, 0.15) is 30.3 Å². The van der Waals surface area contributed by atoms with Crippen LogP contribution >= 0.6 is 0 Å². The molecule has 0 aromatic carbocycles. The van der Waals surface area contributed by atoms with Gasteiger partial charge in [-0.05, 0) is 0 Å². The van der Waals surface area contributed by atoms with Gasteiger partial charge in [0.15, 0.2) is 11.1 Å². The first kappa shape index (κ1) is 11.3. The van der Waals surface area contributed by atoms with Crippen molar-refractivity contribution in [1.82, 2.24) is 19.5 Å². The summed E-state index contributed by atoms with van der Waals surface area (Å²) in [7, 11) is 0. The molecule has 7 nitrogen and oxygen atoms in total. The van der Waals surface area contributed by atoms with Crippen LogP contribution in [0.1, 0.15) is 12.6 Å². The minimum Gasteiger partial charge on any atom is -0.394 e. The van der Waals surface area contributed by atoms with Gasteiger partial charge < -0.3 is 14.8 Å². The van der Waals surface area contributed by atoms with Crippen LogP contribution in [0.5, 0.6) is 0 Å². The van der Waals surface area contributed by atoms with Gasteiger partial charge in [-0.3, -0.25) is 9.98 Å². The third-order valence-electron chi connectivity index (χ3n) is 3.07. The highest BCUT2D eigenvalue weighted by Crippen LogP contribution is 2.29. The molecule has 1 saturated heterocycles. The van der Waals surface area contributed by atoms with Gasteiger partial charge in [0.25, 0.3) is 0 Å². The van der Waals surface area contributed by atoms with Crippen molar-refractivity contribution in [3.63, 3.8) is 0 Å². The fourth-order valence-corrected chi connectivity index (χ4v) is 2.10. The van der Waals surface area contributed by atoms with Crippen LogP contribution in [0, 0.1) is 5.41 Å². The number of nitrogens with zero attached hydrogens (tertiary/aromatic N) is 3. The smallest absolute Gasteiger partial charge is 0.182 e. The first-order valence-corrected chi connectivity index (χ1v) is 5.56. The molecule has 1 fully saturated rings. The van der Waals surface area contributed by atoms with Crippen molar-refractivity contribution in [2.75, 3.05) is 6.61 Å². The highest BCUT2D eigenvalue weighted by molar-refractivity contribution is 5.67. The Bertz CT molecular complexity index is 624. The zero-order chi connectivity index (χ0) is 12.7. The van der Waals surface area contributed by atoms with E-state index in [9.17, 15) is 4.39 Å². The van der Waals surface area contributed by atoms with E-state index in [0.29, 0.717) is 11.2 Å². The van der Waals surface area contributed by atoms with E-state index in [1.54, 1.807) is 0 Å². The predicted octanol–water partition coefficient (Wildman–Crippen LogP) is -0.143. The van der Waals surface area contributed by atoms with Crippen molar-refractivity contribution in [1.29, 1.82) is 5.41 Å². The van der Waals surface area contributed by atoms with E-state index in [1.807, 2.05) is 0 Å². The Kier molecular flexibility index (Phi) is 2.60. The average molecular weight is 253 g/mol. The van der Waals surface area contributed by atoms with E-state index in [4.69, 9.17) is 15.3 Å². The monoisotopic (exact) mass is 253 g/mol. The van der Waals surface area contributed by atoms with E-state index >= 15 is 0 Å². The van der Waals surface area contributed by atoms with Crippen LogP contribution in [0.3, 0.4) is 0 Å². The standard InChI is InChI=1S/C10H12FN5O2/c11-5-1-7(18-6(5)2-17)16-4-15-10-8(9(16)12)13-3-14-10/h3-7,12,17H,1-2H2,(H,13,14)/t5-,6+,7+/m1/s1. The molecule has 3 rings (SSSR count). The molecule has 0 radical (unpaired) electrons. The lowest BCUT2D eigenvalue weighted by Crippen LogP contribution is -2.26. The van der Waals surface area contributed by atoms with Crippen LogP contribution in [0.4, 0.5) is 4.39 Å². The van der Waals surface area contributed by atoms with Crippen molar-refractivity contribution in [3.8, 4) is 0 Å². The summed E-state index contributed by atoms with van der Waals surface area (Å²) in [6, 6.07) is 0. The van der Waals surface area contributed by atoms with Gasteiger partial charge in [0, 0.05) is 6.42 Å². The molecule has 3 heterocycles. The van der Waals surface area contributed by atoms with Gasteiger partial charge in [-0.25, -0.2) is 14.4 Å². The quantitative estimate of drug-likeness (QED) is 0.693. The van der Waals surface area contributed by atoms with Crippen molar-refractivity contribution < 1.29 is 14.2 Å². The van der Waals surface area contributed by atoms with Crippen molar-refractivity contribution in [2.24, 2.45) is 0 Å². The lowest BCUT2D eigenvalue weighted by Gasteiger charge is -2.14. The Morgan fingerprint density at radius 2 is 2.44 bits per heavy atom. The summed E-state index contributed by atoms with van der Waals surface area (Å²) in [5.41, 5.74) is 1.04. The SMILES string of the molecule is N=c1c2[nH]cnc2ncn1[C@@H]1C[C@@H](F)[C@H](CO)O1. The molecule has 18 heavy (non-hydrogen) atoms. The first-order valence-electron chi connectivity index (χ1n) is 5.56. The zero-order valence-corrected chi connectivity index (χ0v) is 9.38. The third-order valence-corrected chi connectivity index (χ3v) is 3.07. The Labute approximate surface area is 101 Å². The minimum absolute atomic E-state index is 0.100. The number of alkyl halides is 1. The van der Waals surface area contributed by atoms with Crippen LogP contribution in [0.25, 0.3) is 11.2 Å². The maximum Gasteiger partial charge on any atom is 0.182 e. The summed E-state index contributed by atoms with van der Waals surface area (Å²) >= 11 is 0. The molecule has 0 spiro atoms. The number of aliphatic hydroxyl groups excluding tert-OH is 1. The molecule has 0 amide bonds. The Morgan fingerprint density at radius 1 is 1.61 bits per heavy atom.